The SMILES string of the molecule is CC#Cc1ccc(-n2cc(CN)nn2)cc1. The Hall–Kier alpha value is -2.12. The molecule has 2 aromatic rings. The molecular formula is C12H12N4. The third kappa shape index (κ3) is 2.10. The third-order valence-corrected chi connectivity index (χ3v) is 2.15. The molecule has 80 valence electrons. The summed E-state index contributed by atoms with van der Waals surface area (Å²) in [5.74, 6) is 5.84. The molecule has 0 aliphatic rings. The average Bonchev–Trinajstić information content (AvgIpc) is 2.79. The molecule has 4 nitrogen and oxygen atoms in total. The maximum absolute atomic E-state index is 5.47. The number of benzene rings is 1. The molecule has 0 amide bonds. The van der Waals surface area contributed by atoms with Gasteiger partial charge in [-0.1, -0.05) is 11.1 Å². The molecule has 4 heteroatoms. The fourth-order valence-corrected chi connectivity index (χ4v) is 1.36. The van der Waals surface area contributed by atoms with Crippen LogP contribution in [-0.2, 0) is 6.54 Å². The zero-order chi connectivity index (χ0) is 11.4. The minimum atomic E-state index is 0.402. The molecule has 0 aliphatic carbocycles. The fraction of sp³-hybridized carbons (Fsp3) is 0.167. The third-order valence-electron chi connectivity index (χ3n) is 2.15. The van der Waals surface area contributed by atoms with Crippen LogP contribution in [0.4, 0.5) is 0 Å². The molecule has 0 spiro atoms. The van der Waals surface area contributed by atoms with Gasteiger partial charge in [-0.05, 0) is 31.2 Å². The van der Waals surface area contributed by atoms with Gasteiger partial charge in [0.2, 0.25) is 0 Å². The van der Waals surface area contributed by atoms with Crippen molar-refractivity contribution in [2.24, 2.45) is 5.73 Å². The van der Waals surface area contributed by atoms with E-state index >= 15 is 0 Å². The van der Waals surface area contributed by atoms with Crippen LogP contribution in [0.25, 0.3) is 5.69 Å². The van der Waals surface area contributed by atoms with Gasteiger partial charge in [-0.3, -0.25) is 0 Å². The molecule has 0 aliphatic heterocycles. The second kappa shape index (κ2) is 4.60. The summed E-state index contributed by atoms with van der Waals surface area (Å²) in [6.45, 7) is 2.22. The average molecular weight is 212 g/mol. The van der Waals surface area contributed by atoms with E-state index in [9.17, 15) is 0 Å². The van der Waals surface area contributed by atoms with Crippen molar-refractivity contribution < 1.29 is 0 Å². The van der Waals surface area contributed by atoms with E-state index in [4.69, 9.17) is 5.73 Å². The second-order valence-corrected chi connectivity index (χ2v) is 3.28. The molecule has 2 N–H and O–H groups in total. The Morgan fingerprint density at radius 3 is 2.62 bits per heavy atom. The van der Waals surface area contributed by atoms with Crippen molar-refractivity contribution in [2.45, 2.75) is 13.5 Å². The number of hydrogen-bond donors (Lipinski definition) is 1. The molecule has 0 saturated carbocycles. The normalized spacial score (nSPS) is 9.62. The van der Waals surface area contributed by atoms with Gasteiger partial charge in [-0.25, -0.2) is 4.68 Å². The van der Waals surface area contributed by atoms with Gasteiger partial charge < -0.3 is 5.73 Å². The van der Waals surface area contributed by atoms with E-state index < -0.39 is 0 Å². The monoisotopic (exact) mass is 212 g/mol. The van der Waals surface area contributed by atoms with Gasteiger partial charge in [0.1, 0.15) is 0 Å². The van der Waals surface area contributed by atoms with Crippen LogP contribution in [0.15, 0.2) is 30.5 Å². The van der Waals surface area contributed by atoms with Gasteiger partial charge in [-0.15, -0.1) is 11.0 Å². The summed E-state index contributed by atoms with van der Waals surface area (Å²) in [4.78, 5) is 0. The molecule has 16 heavy (non-hydrogen) atoms. The highest BCUT2D eigenvalue weighted by Crippen LogP contribution is 2.08. The molecule has 0 bridgehead atoms. The molecule has 0 unspecified atom stereocenters. The summed E-state index contributed by atoms with van der Waals surface area (Å²) in [5.41, 5.74) is 8.19. The molecule has 0 fully saturated rings. The van der Waals surface area contributed by atoms with E-state index in [1.807, 2.05) is 37.4 Å². The van der Waals surface area contributed by atoms with Gasteiger partial charge in [0, 0.05) is 12.1 Å². The van der Waals surface area contributed by atoms with Crippen molar-refractivity contribution in [3.8, 4) is 17.5 Å². The van der Waals surface area contributed by atoms with Crippen molar-refractivity contribution in [1.29, 1.82) is 0 Å². The van der Waals surface area contributed by atoms with Crippen molar-refractivity contribution >= 4 is 0 Å². The predicted octanol–water partition coefficient (Wildman–Crippen LogP) is 1.10. The molecule has 0 atom stereocenters. The zero-order valence-electron chi connectivity index (χ0n) is 9.01. The number of nitrogens with two attached hydrogens (primary N) is 1. The summed E-state index contributed by atoms with van der Waals surface area (Å²) in [5, 5.41) is 7.91. The van der Waals surface area contributed by atoms with Crippen LogP contribution in [0.3, 0.4) is 0 Å². The molecule has 1 heterocycles. The van der Waals surface area contributed by atoms with Crippen LogP contribution >= 0.6 is 0 Å². The zero-order valence-corrected chi connectivity index (χ0v) is 9.01. The van der Waals surface area contributed by atoms with E-state index in [2.05, 4.69) is 22.2 Å². The van der Waals surface area contributed by atoms with Crippen LogP contribution in [0.5, 0.6) is 0 Å². The van der Waals surface area contributed by atoms with E-state index in [1.165, 1.54) is 0 Å². The Bertz CT molecular complexity index is 528. The first kappa shape index (κ1) is 10.4. The Labute approximate surface area is 94.1 Å². The fourth-order valence-electron chi connectivity index (χ4n) is 1.36. The van der Waals surface area contributed by atoms with Crippen molar-refractivity contribution in [2.75, 3.05) is 0 Å². The highest BCUT2D eigenvalue weighted by molar-refractivity contribution is 5.41. The van der Waals surface area contributed by atoms with Crippen molar-refractivity contribution in [3.63, 3.8) is 0 Å². The van der Waals surface area contributed by atoms with Gasteiger partial charge in [0.05, 0.1) is 17.6 Å². The van der Waals surface area contributed by atoms with E-state index in [-0.39, 0.29) is 0 Å². The van der Waals surface area contributed by atoms with Crippen LogP contribution in [0.2, 0.25) is 0 Å². The number of nitrogens with zero attached hydrogens (tertiary/aromatic N) is 3. The van der Waals surface area contributed by atoms with E-state index in [0.29, 0.717) is 6.54 Å². The molecule has 1 aromatic carbocycles. The quantitative estimate of drug-likeness (QED) is 0.758. The number of aromatic nitrogens is 3. The maximum Gasteiger partial charge on any atom is 0.0967 e. The van der Waals surface area contributed by atoms with Crippen LogP contribution in [0, 0.1) is 11.8 Å². The summed E-state index contributed by atoms with van der Waals surface area (Å²) >= 11 is 0. The maximum atomic E-state index is 5.47. The van der Waals surface area contributed by atoms with Gasteiger partial charge >= 0.3 is 0 Å². The minimum Gasteiger partial charge on any atom is -0.325 e. The summed E-state index contributed by atoms with van der Waals surface area (Å²) in [6, 6.07) is 7.81. The lowest BCUT2D eigenvalue weighted by Gasteiger charge is -1.99. The Morgan fingerprint density at radius 1 is 1.31 bits per heavy atom. The van der Waals surface area contributed by atoms with Gasteiger partial charge in [0.15, 0.2) is 0 Å². The van der Waals surface area contributed by atoms with Crippen molar-refractivity contribution in [1.82, 2.24) is 15.0 Å². The number of rotatable bonds is 2. The van der Waals surface area contributed by atoms with E-state index in [0.717, 1.165) is 16.9 Å². The highest BCUT2D eigenvalue weighted by atomic mass is 15.4. The Balaban J connectivity index is 2.29. The number of hydrogen-bond acceptors (Lipinski definition) is 3. The summed E-state index contributed by atoms with van der Waals surface area (Å²) < 4.78 is 1.70. The standard InChI is InChI=1S/C12H12N4/c1-2-3-10-4-6-12(7-5-10)16-9-11(8-13)14-15-16/h4-7,9H,8,13H2,1H3. The molecule has 0 saturated heterocycles. The minimum absolute atomic E-state index is 0.402. The topological polar surface area (TPSA) is 56.7 Å². The molecular weight excluding hydrogens is 200 g/mol. The first-order chi connectivity index (χ1) is 7.83. The second-order valence-electron chi connectivity index (χ2n) is 3.28. The first-order valence-corrected chi connectivity index (χ1v) is 4.98. The highest BCUT2D eigenvalue weighted by Gasteiger charge is 2.00. The lowest BCUT2D eigenvalue weighted by Crippen LogP contribution is -1.96. The molecule has 0 radical (unpaired) electrons. The molecule has 1 aromatic heterocycles. The largest absolute Gasteiger partial charge is 0.325 e. The molecule has 2 rings (SSSR count). The lowest BCUT2D eigenvalue weighted by molar-refractivity contribution is 0.796. The smallest absolute Gasteiger partial charge is 0.0967 e. The van der Waals surface area contributed by atoms with Crippen LogP contribution < -0.4 is 5.73 Å². The lowest BCUT2D eigenvalue weighted by atomic mass is 10.2. The van der Waals surface area contributed by atoms with Crippen LogP contribution in [-0.4, -0.2) is 15.0 Å². The predicted molar refractivity (Wildman–Crippen MR) is 61.8 cm³/mol. The summed E-state index contributed by atoms with van der Waals surface area (Å²) in [6.07, 6.45) is 1.82. The Morgan fingerprint density at radius 2 is 2.06 bits per heavy atom. The Kier molecular flexibility index (Phi) is 2.99. The van der Waals surface area contributed by atoms with Gasteiger partial charge in [-0.2, -0.15) is 0 Å². The van der Waals surface area contributed by atoms with Crippen LogP contribution in [0.1, 0.15) is 18.2 Å². The van der Waals surface area contributed by atoms with Gasteiger partial charge in [0.25, 0.3) is 0 Å². The van der Waals surface area contributed by atoms with Crippen molar-refractivity contribution in [3.05, 3.63) is 41.7 Å². The first-order valence-electron chi connectivity index (χ1n) is 4.98. The summed E-state index contributed by atoms with van der Waals surface area (Å²) in [7, 11) is 0. The van der Waals surface area contributed by atoms with E-state index in [1.54, 1.807) is 4.68 Å².